The van der Waals surface area contributed by atoms with Crippen LogP contribution in [-0.4, -0.2) is 30.1 Å². The minimum Gasteiger partial charge on any atom is -0.313 e. The Morgan fingerprint density at radius 1 is 1.30 bits per heavy atom. The van der Waals surface area contributed by atoms with E-state index >= 15 is 0 Å². The van der Waals surface area contributed by atoms with E-state index in [9.17, 15) is 0 Å². The number of hydrogen-bond acceptors (Lipinski definition) is 2. The fourth-order valence-electron chi connectivity index (χ4n) is 3.11. The van der Waals surface area contributed by atoms with Crippen LogP contribution in [0.1, 0.15) is 51.6 Å². The minimum absolute atomic E-state index is 0.400. The summed E-state index contributed by atoms with van der Waals surface area (Å²) in [5.41, 5.74) is 1.31. The summed E-state index contributed by atoms with van der Waals surface area (Å²) >= 11 is 6.13. The minimum atomic E-state index is 0.400. The summed E-state index contributed by atoms with van der Waals surface area (Å²) in [7, 11) is 0. The van der Waals surface area contributed by atoms with Gasteiger partial charge in [0.25, 0.3) is 0 Å². The molecule has 1 aliphatic heterocycles. The zero-order valence-electron chi connectivity index (χ0n) is 12.9. The van der Waals surface area contributed by atoms with E-state index in [0.29, 0.717) is 18.1 Å². The van der Waals surface area contributed by atoms with E-state index in [2.05, 4.69) is 43.1 Å². The Morgan fingerprint density at radius 3 is 2.70 bits per heavy atom. The van der Waals surface area contributed by atoms with Crippen LogP contribution in [0.3, 0.4) is 0 Å². The van der Waals surface area contributed by atoms with Gasteiger partial charge in [-0.2, -0.15) is 0 Å². The maximum Gasteiger partial charge on any atom is 0.0409 e. The molecular weight excluding hydrogens is 268 g/mol. The fraction of sp³-hybridized carbons (Fsp3) is 0.647. The lowest BCUT2D eigenvalue weighted by atomic mass is 10.0. The SMILES string of the molecule is CC(C)N(CC1CCCCN1)C(C)c1cccc(Cl)c1. The average Bonchev–Trinajstić information content (AvgIpc) is 2.45. The van der Waals surface area contributed by atoms with E-state index in [1.54, 1.807) is 0 Å². The number of benzene rings is 1. The summed E-state index contributed by atoms with van der Waals surface area (Å²) in [5, 5.41) is 4.48. The molecule has 1 aromatic carbocycles. The molecule has 2 unspecified atom stereocenters. The molecule has 1 N–H and O–H groups in total. The third-order valence-corrected chi connectivity index (χ3v) is 4.57. The average molecular weight is 295 g/mol. The molecule has 1 aliphatic rings. The molecule has 2 atom stereocenters. The molecule has 0 bridgehead atoms. The van der Waals surface area contributed by atoms with Gasteiger partial charge in [0, 0.05) is 29.7 Å². The van der Waals surface area contributed by atoms with E-state index in [0.717, 1.165) is 11.6 Å². The van der Waals surface area contributed by atoms with Gasteiger partial charge in [-0.1, -0.05) is 30.2 Å². The highest BCUT2D eigenvalue weighted by atomic mass is 35.5. The first-order valence-electron chi connectivity index (χ1n) is 7.82. The molecular formula is C17H27ClN2. The summed E-state index contributed by atoms with van der Waals surface area (Å²) in [6, 6.07) is 9.83. The van der Waals surface area contributed by atoms with Crippen LogP contribution >= 0.6 is 11.6 Å². The molecule has 1 fully saturated rings. The van der Waals surface area contributed by atoms with Gasteiger partial charge in [0.15, 0.2) is 0 Å². The van der Waals surface area contributed by atoms with Crippen molar-refractivity contribution in [2.45, 2.75) is 58.2 Å². The topological polar surface area (TPSA) is 15.3 Å². The van der Waals surface area contributed by atoms with Crippen molar-refractivity contribution in [3.8, 4) is 0 Å². The number of hydrogen-bond donors (Lipinski definition) is 1. The molecule has 0 spiro atoms. The third-order valence-electron chi connectivity index (χ3n) is 4.34. The fourth-order valence-corrected chi connectivity index (χ4v) is 3.31. The quantitative estimate of drug-likeness (QED) is 0.873. The van der Waals surface area contributed by atoms with Crippen molar-refractivity contribution in [3.05, 3.63) is 34.9 Å². The second kappa shape index (κ2) is 7.44. The van der Waals surface area contributed by atoms with Crippen molar-refractivity contribution in [2.75, 3.05) is 13.1 Å². The maximum absolute atomic E-state index is 6.13. The van der Waals surface area contributed by atoms with E-state index in [-0.39, 0.29) is 0 Å². The van der Waals surface area contributed by atoms with Crippen molar-refractivity contribution in [1.82, 2.24) is 10.2 Å². The Hall–Kier alpha value is -0.570. The van der Waals surface area contributed by atoms with Crippen LogP contribution in [-0.2, 0) is 0 Å². The van der Waals surface area contributed by atoms with Crippen molar-refractivity contribution >= 4 is 11.6 Å². The van der Waals surface area contributed by atoms with Crippen molar-refractivity contribution in [1.29, 1.82) is 0 Å². The standard InChI is InChI=1S/C17H27ClN2/c1-13(2)20(12-17-9-4-5-10-19-17)14(3)15-7-6-8-16(18)11-15/h6-8,11,13-14,17,19H,4-5,9-10,12H2,1-3H3. The van der Waals surface area contributed by atoms with Crippen LogP contribution in [0.25, 0.3) is 0 Å². The second-order valence-corrected chi connectivity index (χ2v) is 6.60. The zero-order valence-corrected chi connectivity index (χ0v) is 13.7. The molecule has 0 radical (unpaired) electrons. The van der Waals surface area contributed by atoms with Gasteiger partial charge in [0.1, 0.15) is 0 Å². The van der Waals surface area contributed by atoms with Gasteiger partial charge in [0.2, 0.25) is 0 Å². The first kappa shape index (κ1) is 15.8. The van der Waals surface area contributed by atoms with E-state index < -0.39 is 0 Å². The van der Waals surface area contributed by atoms with Crippen LogP contribution in [0.4, 0.5) is 0 Å². The molecule has 0 saturated carbocycles. The molecule has 2 rings (SSSR count). The van der Waals surface area contributed by atoms with Gasteiger partial charge in [-0.25, -0.2) is 0 Å². The molecule has 0 aliphatic carbocycles. The van der Waals surface area contributed by atoms with Crippen LogP contribution in [0.15, 0.2) is 24.3 Å². The normalized spacial score (nSPS) is 21.4. The van der Waals surface area contributed by atoms with Gasteiger partial charge in [0.05, 0.1) is 0 Å². The lowest BCUT2D eigenvalue weighted by Gasteiger charge is -2.37. The molecule has 1 heterocycles. The monoisotopic (exact) mass is 294 g/mol. The van der Waals surface area contributed by atoms with Crippen molar-refractivity contribution < 1.29 is 0 Å². The molecule has 0 amide bonds. The molecule has 2 nitrogen and oxygen atoms in total. The Morgan fingerprint density at radius 2 is 2.10 bits per heavy atom. The molecule has 20 heavy (non-hydrogen) atoms. The highest BCUT2D eigenvalue weighted by Gasteiger charge is 2.23. The number of rotatable bonds is 5. The van der Waals surface area contributed by atoms with Crippen LogP contribution in [0, 0.1) is 0 Å². The van der Waals surface area contributed by atoms with Crippen LogP contribution in [0.5, 0.6) is 0 Å². The molecule has 112 valence electrons. The van der Waals surface area contributed by atoms with Gasteiger partial charge < -0.3 is 5.32 Å². The summed E-state index contributed by atoms with van der Waals surface area (Å²) in [6.07, 6.45) is 3.97. The summed E-state index contributed by atoms with van der Waals surface area (Å²) in [5.74, 6) is 0. The zero-order chi connectivity index (χ0) is 14.5. The van der Waals surface area contributed by atoms with Gasteiger partial charge in [-0.05, 0) is 57.9 Å². The predicted molar refractivity (Wildman–Crippen MR) is 87.4 cm³/mol. The summed E-state index contributed by atoms with van der Waals surface area (Å²) < 4.78 is 0. The summed E-state index contributed by atoms with van der Waals surface area (Å²) in [4.78, 5) is 2.58. The number of nitrogens with one attached hydrogen (secondary N) is 1. The lowest BCUT2D eigenvalue weighted by molar-refractivity contribution is 0.138. The maximum atomic E-state index is 6.13. The first-order chi connectivity index (χ1) is 9.58. The van der Waals surface area contributed by atoms with Gasteiger partial charge in [-0.3, -0.25) is 4.90 Å². The molecule has 1 aromatic rings. The smallest absolute Gasteiger partial charge is 0.0409 e. The van der Waals surface area contributed by atoms with Crippen molar-refractivity contribution in [2.24, 2.45) is 0 Å². The Kier molecular flexibility index (Phi) is 5.88. The predicted octanol–water partition coefficient (Wildman–Crippen LogP) is 4.25. The second-order valence-electron chi connectivity index (χ2n) is 6.17. The van der Waals surface area contributed by atoms with E-state index in [1.165, 1.54) is 31.4 Å². The van der Waals surface area contributed by atoms with Crippen molar-refractivity contribution in [3.63, 3.8) is 0 Å². The van der Waals surface area contributed by atoms with Gasteiger partial charge in [-0.15, -0.1) is 0 Å². The largest absolute Gasteiger partial charge is 0.313 e. The van der Waals surface area contributed by atoms with Crippen LogP contribution in [0.2, 0.25) is 5.02 Å². The first-order valence-corrected chi connectivity index (χ1v) is 8.20. The number of piperidine rings is 1. The van der Waals surface area contributed by atoms with Crippen LogP contribution < -0.4 is 5.32 Å². The number of nitrogens with zero attached hydrogens (tertiary/aromatic N) is 1. The van der Waals surface area contributed by atoms with E-state index in [4.69, 9.17) is 11.6 Å². The lowest BCUT2D eigenvalue weighted by Crippen LogP contribution is -2.46. The highest BCUT2D eigenvalue weighted by molar-refractivity contribution is 6.30. The highest BCUT2D eigenvalue weighted by Crippen LogP contribution is 2.25. The molecule has 0 aromatic heterocycles. The Balaban J connectivity index is 2.07. The molecule has 3 heteroatoms. The van der Waals surface area contributed by atoms with E-state index in [1.807, 2.05) is 12.1 Å². The molecule has 1 saturated heterocycles. The third kappa shape index (κ3) is 4.21. The van der Waals surface area contributed by atoms with Gasteiger partial charge >= 0.3 is 0 Å². The summed E-state index contributed by atoms with van der Waals surface area (Å²) in [6.45, 7) is 9.13. The Labute approximate surface area is 128 Å². The number of halogens is 1. The Bertz CT molecular complexity index is 413.